The molecule has 3 amide bonds. The van der Waals surface area contributed by atoms with Gasteiger partial charge in [-0.2, -0.15) is 13.2 Å². The maximum absolute atomic E-state index is 13.5. The van der Waals surface area contributed by atoms with Crippen molar-refractivity contribution in [1.29, 1.82) is 0 Å². The number of anilines is 3. The van der Waals surface area contributed by atoms with E-state index in [1.165, 1.54) is 16.5 Å². The lowest BCUT2D eigenvalue weighted by Crippen LogP contribution is -2.34. The number of alkyl halides is 3. The number of nitrogens with zero attached hydrogens (tertiary/aromatic N) is 1. The van der Waals surface area contributed by atoms with E-state index in [0.29, 0.717) is 16.8 Å². The van der Waals surface area contributed by atoms with Gasteiger partial charge in [-0.15, -0.1) is 0 Å². The van der Waals surface area contributed by atoms with Crippen molar-refractivity contribution in [3.8, 4) is 0 Å². The van der Waals surface area contributed by atoms with Crippen LogP contribution in [0.3, 0.4) is 0 Å². The van der Waals surface area contributed by atoms with Crippen LogP contribution in [0.4, 0.5) is 35.0 Å². The Morgan fingerprint density at radius 2 is 1.67 bits per heavy atom. The first kappa shape index (κ1) is 30.2. The van der Waals surface area contributed by atoms with Gasteiger partial charge in [-0.05, 0) is 84.8 Å². The van der Waals surface area contributed by atoms with Crippen LogP contribution in [0.15, 0.2) is 72.8 Å². The van der Waals surface area contributed by atoms with E-state index >= 15 is 0 Å². The Bertz CT molecular complexity index is 1470. The molecule has 3 aromatic carbocycles. The Labute approximate surface area is 241 Å². The molecule has 220 valence electrons. The van der Waals surface area contributed by atoms with Crippen molar-refractivity contribution in [3.05, 3.63) is 95.1 Å². The minimum absolute atomic E-state index is 0.0159. The van der Waals surface area contributed by atoms with Crippen LogP contribution >= 0.6 is 0 Å². The third kappa shape index (κ3) is 7.90. The number of rotatable bonds is 9. The van der Waals surface area contributed by atoms with Crippen molar-refractivity contribution >= 4 is 40.5 Å². The summed E-state index contributed by atoms with van der Waals surface area (Å²) in [5.74, 6) is -1.46. The number of urea groups is 1. The van der Waals surface area contributed by atoms with Gasteiger partial charge in [0.05, 0.1) is 18.5 Å². The van der Waals surface area contributed by atoms with E-state index in [4.69, 9.17) is 10.8 Å². The molecule has 0 atom stereocenters. The number of carbonyl (C=O) groups is 3. The predicted molar refractivity (Wildman–Crippen MR) is 155 cm³/mol. The average molecular weight is 581 g/mol. The summed E-state index contributed by atoms with van der Waals surface area (Å²) >= 11 is 0. The molecule has 0 spiro atoms. The van der Waals surface area contributed by atoms with Crippen molar-refractivity contribution < 1.29 is 32.7 Å². The molecule has 0 unspecified atom stereocenters. The van der Waals surface area contributed by atoms with E-state index in [2.05, 4.69) is 16.7 Å². The first-order chi connectivity index (χ1) is 20.0. The van der Waals surface area contributed by atoms with Crippen molar-refractivity contribution in [3.63, 3.8) is 0 Å². The lowest BCUT2D eigenvalue weighted by atomic mass is 9.93. The molecule has 0 aliphatic heterocycles. The molecule has 3 aromatic rings. The van der Waals surface area contributed by atoms with Gasteiger partial charge in [0.15, 0.2) is 0 Å². The number of aliphatic carboxylic acids is 1. The quantitative estimate of drug-likeness (QED) is 0.210. The van der Waals surface area contributed by atoms with Crippen LogP contribution in [-0.2, 0) is 17.5 Å². The van der Waals surface area contributed by atoms with Gasteiger partial charge in [0.25, 0.3) is 5.91 Å². The zero-order chi connectivity index (χ0) is 30.3. The number of nitrogens with two attached hydrogens (primary N) is 1. The van der Waals surface area contributed by atoms with E-state index in [1.54, 1.807) is 36.4 Å². The van der Waals surface area contributed by atoms with Gasteiger partial charge in [0, 0.05) is 29.2 Å². The molecule has 0 fully saturated rings. The van der Waals surface area contributed by atoms with Crippen LogP contribution in [0, 0.1) is 0 Å². The summed E-state index contributed by atoms with van der Waals surface area (Å²) < 4.78 is 40.2. The highest BCUT2D eigenvalue weighted by atomic mass is 19.4. The number of hydrogen-bond acceptors (Lipinski definition) is 4. The number of nitrogen functional groups attached to an aromatic ring is 1. The molecular formula is C31H31F3N4O4. The highest BCUT2D eigenvalue weighted by Crippen LogP contribution is 2.35. The molecule has 0 bridgehead atoms. The van der Waals surface area contributed by atoms with Gasteiger partial charge in [-0.25, -0.2) is 4.79 Å². The number of carboxylic acid groups (broad SMARTS) is 1. The number of hydrogen-bond donors (Lipinski definition) is 4. The van der Waals surface area contributed by atoms with E-state index in [1.807, 2.05) is 12.1 Å². The second-order valence-electron chi connectivity index (χ2n) is 9.93. The van der Waals surface area contributed by atoms with Crippen LogP contribution in [0.1, 0.15) is 59.2 Å². The topological polar surface area (TPSA) is 125 Å². The van der Waals surface area contributed by atoms with E-state index < -0.39 is 35.3 Å². The maximum Gasteiger partial charge on any atom is 0.418 e. The van der Waals surface area contributed by atoms with E-state index in [-0.39, 0.29) is 25.2 Å². The monoisotopic (exact) mass is 580 g/mol. The fourth-order valence-electron chi connectivity index (χ4n) is 4.64. The van der Waals surface area contributed by atoms with Crippen LogP contribution in [0.5, 0.6) is 0 Å². The average Bonchev–Trinajstić information content (AvgIpc) is 2.97. The number of carbonyl (C=O) groups excluding carboxylic acids is 2. The Morgan fingerprint density at radius 3 is 2.29 bits per heavy atom. The molecule has 42 heavy (non-hydrogen) atoms. The third-order valence-corrected chi connectivity index (χ3v) is 6.88. The van der Waals surface area contributed by atoms with E-state index in [9.17, 15) is 27.6 Å². The highest BCUT2D eigenvalue weighted by molar-refractivity contribution is 6.02. The molecule has 0 heterocycles. The van der Waals surface area contributed by atoms with Crippen molar-refractivity contribution in [2.75, 3.05) is 22.5 Å². The SMILES string of the molecule is Nc1ccc(NC(=O)N(Cc2ccc(C(=O)NCCC(=O)O)cc2)c2ccc(C3=CCCCC3)cc2)cc1C(F)(F)F. The van der Waals surface area contributed by atoms with Crippen molar-refractivity contribution in [1.82, 2.24) is 5.32 Å². The largest absolute Gasteiger partial charge is 0.481 e. The number of halogens is 3. The fraction of sp³-hybridized carbons (Fsp3) is 0.258. The predicted octanol–water partition coefficient (Wildman–Crippen LogP) is 6.69. The van der Waals surface area contributed by atoms with Crippen LogP contribution in [0.25, 0.3) is 5.57 Å². The lowest BCUT2D eigenvalue weighted by Gasteiger charge is -2.24. The zero-order valence-corrected chi connectivity index (χ0v) is 22.7. The smallest absolute Gasteiger partial charge is 0.418 e. The third-order valence-electron chi connectivity index (χ3n) is 6.88. The highest BCUT2D eigenvalue weighted by Gasteiger charge is 2.33. The van der Waals surface area contributed by atoms with Gasteiger partial charge in [0.1, 0.15) is 0 Å². The molecule has 4 rings (SSSR count). The van der Waals surface area contributed by atoms with Crippen LogP contribution in [0.2, 0.25) is 0 Å². The normalized spacial score (nSPS) is 13.2. The molecule has 0 saturated carbocycles. The summed E-state index contributed by atoms with van der Waals surface area (Å²) in [6.45, 7) is 0.0356. The number of benzene rings is 3. The fourth-order valence-corrected chi connectivity index (χ4v) is 4.64. The first-order valence-electron chi connectivity index (χ1n) is 13.4. The summed E-state index contributed by atoms with van der Waals surface area (Å²) in [6.07, 6.45) is 1.57. The number of amides is 3. The van der Waals surface area contributed by atoms with Gasteiger partial charge in [-0.1, -0.05) is 30.3 Å². The summed E-state index contributed by atoms with van der Waals surface area (Å²) in [5.41, 5.74) is 7.72. The lowest BCUT2D eigenvalue weighted by molar-refractivity contribution is -0.137. The maximum atomic E-state index is 13.5. The van der Waals surface area contributed by atoms with Gasteiger partial charge in [-0.3, -0.25) is 14.5 Å². The molecule has 5 N–H and O–H groups in total. The molecule has 1 aliphatic rings. The minimum Gasteiger partial charge on any atom is -0.481 e. The first-order valence-corrected chi connectivity index (χ1v) is 13.4. The van der Waals surface area contributed by atoms with Crippen LogP contribution in [-0.4, -0.2) is 29.6 Å². The van der Waals surface area contributed by atoms with Gasteiger partial charge in [0.2, 0.25) is 0 Å². The zero-order valence-electron chi connectivity index (χ0n) is 22.7. The second kappa shape index (κ2) is 13.2. The Balaban J connectivity index is 1.57. The molecule has 1 aliphatic carbocycles. The van der Waals surface area contributed by atoms with Crippen molar-refractivity contribution in [2.24, 2.45) is 0 Å². The summed E-state index contributed by atoms with van der Waals surface area (Å²) in [4.78, 5) is 37.9. The second-order valence-corrected chi connectivity index (χ2v) is 9.93. The van der Waals surface area contributed by atoms with Crippen LogP contribution < -0.4 is 21.3 Å². The van der Waals surface area contributed by atoms with Crippen molar-refractivity contribution in [2.45, 2.75) is 44.8 Å². The molecule has 11 heteroatoms. The Morgan fingerprint density at radius 1 is 0.952 bits per heavy atom. The van der Waals surface area contributed by atoms with E-state index in [0.717, 1.165) is 43.4 Å². The summed E-state index contributed by atoms with van der Waals surface area (Å²) in [6, 6.07) is 16.4. The minimum atomic E-state index is -4.68. The molecule has 8 nitrogen and oxygen atoms in total. The number of carboxylic acids is 1. The summed E-state index contributed by atoms with van der Waals surface area (Å²) in [5, 5.41) is 13.8. The molecular weight excluding hydrogens is 549 g/mol. The molecule has 0 saturated heterocycles. The standard InChI is InChI=1S/C31H31F3N4O4/c32-31(33,34)26-18-24(12-15-27(26)35)37-30(42)38(25-13-10-22(11-14-25)21-4-2-1-3-5-21)19-20-6-8-23(9-7-20)29(41)36-17-16-28(39)40/h4,6-15,18H,1-3,5,16-17,19,35H2,(H,36,41)(H,37,42)(H,39,40). The Kier molecular flexibility index (Phi) is 9.51. The molecule has 0 radical (unpaired) electrons. The number of allylic oxidation sites excluding steroid dienone is 2. The molecule has 0 aromatic heterocycles. The van der Waals surface area contributed by atoms with Gasteiger partial charge < -0.3 is 21.5 Å². The Hall–Kier alpha value is -4.80. The number of nitrogens with one attached hydrogen (secondary N) is 2. The summed E-state index contributed by atoms with van der Waals surface area (Å²) in [7, 11) is 0. The van der Waals surface area contributed by atoms with Gasteiger partial charge >= 0.3 is 18.2 Å².